The third-order valence-electron chi connectivity index (χ3n) is 3.06. The highest BCUT2D eigenvalue weighted by atomic mass is 32.1. The molecule has 0 bridgehead atoms. The molecule has 1 heterocycles. The number of thiazole rings is 1. The Hall–Kier alpha value is -1.30. The van der Waals surface area contributed by atoms with Crippen LogP contribution in [0.5, 0.6) is 5.75 Å². The number of ether oxygens (including phenoxy) is 1. The first-order valence-corrected chi connectivity index (χ1v) is 7.50. The fourth-order valence-electron chi connectivity index (χ4n) is 1.90. The lowest BCUT2D eigenvalue weighted by Gasteiger charge is -2.20. The molecule has 0 aliphatic carbocycles. The minimum absolute atomic E-state index is 0.166. The number of aromatic nitrogens is 1. The third kappa shape index (κ3) is 3.67. The zero-order valence-electron chi connectivity index (χ0n) is 12.6. The van der Waals surface area contributed by atoms with Crippen LogP contribution in [0, 0.1) is 0 Å². The molecular weight excluding hydrogens is 299 g/mol. The topological polar surface area (TPSA) is 22.1 Å². The van der Waals surface area contributed by atoms with Crippen molar-refractivity contribution in [1.29, 1.82) is 0 Å². The molecule has 0 N–H and O–H groups in total. The van der Waals surface area contributed by atoms with Crippen LogP contribution in [0.3, 0.4) is 0 Å². The maximum absolute atomic E-state index is 12.6. The van der Waals surface area contributed by atoms with Crippen molar-refractivity contribution in [1.82, 2.24) is 4.98 Å². The molecule has 0 saturated heterocycles. The molecular formula is C15H18F3NOS. The minimum Gasteiger partial charge on any atom is -0.403 e. The monoisotopic (exact) mass is 317 g/mol. The molecule has 0 amide bonds. The van der Waals surface area contributed by atoms with Crippen LogP contribution in [0.2, 0.25) is 0 Å². The standard InChI is InChI=1S/C15H18F3NOS/c1-8(2)13-19-12-10(20-15(16,17)18)6-9(14(3,4)5)7-11(12)21-13/h6-8H,1-5H3. The van der Waals surface area contributed by atoms with Gasteiger partial charge < -0.3 is 4.74 Å². The van der Waals surface area contributed by atoms with Gasteiger partial charge in [0.25, 0.3) is 0 Å². The van der Waals surface area contributed by atoms with E-state index in [1.54, 1.807) is 0 Å². The van der Waals surface area contributed by atoms with Gasteiger partial charge in [0.05, 0.1) is 9.71 Å². The van der Waals surface area contributed by atoms with Crippen LogP contribution in [0.1, 0.15) is 51.1 Å². The van der Waals surface area contributed by atoms with Gasteiger partial charge in [-0.2, -0.15) is 0 Å². The number of hydrogen-bond donors (Lipinski definition) is 0. The van der Waals surface area contributed by atoms with Crippen molar-refractivity contribution in [2.24, 2.45) is 0 Å². The van der Waals surface area contributed by atoms with Crippen molar-refractivity contribution in [3.8, 4) is 5.75 Å². The molecule has 6 heteroatoms. The lowest BCUT2D eigenvalue weighted by molar-refractivity contribution is -0.274. The summed E-state index contributed by atoms with van der Waals surface area (Å²) in [5, 5.41) is 0.808. The van der Waals surface area contributed by atoms with Gasteiger partial charge in [-0.05, 0) is 23.1 Å². The predicted octanol–water partition coefficient (Wildman–Crippen LogP) is 5.62. The second-order valence-electron chi connectivity index (χ2n) is 6.33. The van der Waals surface area contributed by atoms with Crippen LogP contribution in [0.15, 0.2) is 12.1 Å². The molecule has 0 fully saturated rings. The Morgan fingerprint density at radius 2 is 1.76 bits per heavy atom. The first kappa shape index (κ1) is 16.1. The Bertz CT molecular complexity index is 653. The fourth-order valence-corrected chi connectivity index (χ4v) is 2.93. The van der Waals surface area contributed by atoms with E-state index >= 15 is 0 Å². The average molecular weight is 317 g/mol. The summed E-state index contributed by atoms with van der Waals surface area (Å²) in [5.74, 6) is -0.0488. The van der Waals surface area contributed by atoms with Crippen molar-refractivity contribution >= 4 is 21.6 Å². The second kappa shape index (κ2) is 5.16. The van der Waals surface area contributed by atoms with Crippen molar-refractivity contribution in [3.63, 3.8) is 0 Å². The second-order valence-corrected chi connectivity index (χ2v) is 7.39. The molecule has 2 nitrogen and oxygen atoms in total. The number of benzene rings is 1. The van der Waals surface area contributed by atoms with Gasteiger partial charge in [0.1, 0.15) is 5.52 Å². The Morgan fingerprint density at radius 3 is 2.24 bits per heavy atom. The van der Waals surface area contributed by atoms with E-state index in [0.29, 0.717) is 0 Å². The van der Waals surface area contributed by atoms with Crippen molar-refractivity contribution in [3.05, 3.63) is 22.7 Å². The summed E-state index contributed by atoms with van der Waals surface area (Å²) >= 11 is 1.42. The predicted molar refractivity (Wildman–Crippen MR) is 79.1 cm³/mol. The number of alkyl halides is 3. The maximum atomic E-state index is 12.6. The molecule has 0 atom stereocenters. The Labute approximate surface area is 126 Å². The first-order chi connectivity index (χ1) is 9.47. The number of hydrogen-bond acceptors (Lipinski definition) is 3. The lowest BCUT2D eigenvalue weighted by atomic mass is 9.87. The van der Waals surface area contributed by atoms with E-state index in [2.05, 4.69) is 9.72 Å². The van der Waals surface area contributed by atoms with Gasteiger partial charge in [0, 0.05) is 5.92 Å². The minimum atomic E-state index is -4.72. The molecule has 2 aromatic rings. The Morgan fingerprint density at radius 1 is 1.14 bits per heavy atom. The molecule has 0 radical (unpaired) electrons. The molecule has 116 valence electrons. The average Bonchev–Trinajstić information content (AvgIpc) is 2.69. The Balaban J connectivity index is 2.66. The highest BCUT2D eigenvalue weighted by Crippen LogP contribution is 2.39. The smallest absolute Gasteiger partial charge is 0.403 e. The Kier molecular flexibility index (Phi) is 3.95. The molecule has 0 aliphatic heterocycles. The molecule has 2 rings (SSSR count). The fraction of sp³-hybridized carbons (Fsp3) is 0.533. The van der Waals surface area contributed by atoms with Crippen LogP contribution in [-0.2, 0) is 5.41 Å². The van der Waals surface area contributed by atoms with Crippen LogP contribution >= 0.6 is 11.3 Å². The molecule has 1 aromatic heterocycles. The van der Waals surface area contributed by atoms with Crippen LogP contribution in [0.4, 0.5) is 13.2 Å². The summed E-state index contributed by atoms with van der Waals surface area (Å²) in [5.41, 5.74) is 0.821. The van der Waals surface area contributed by atoms with Crippen LogP contribution in [-0.4, -0.2) is 11.3 Å². The summed E-state index contributed by atoms with van der Waals surface area (Å²) in [6, 6.07) is 3.35. The normalized spacial score (nSPS) is 13.2. The molecule has 0 unspecified atom stereocenters. The highest BCUT2D eigenvalue weighted by molar-refractivity contribution is 7.18. The zero-order chi connectivity index (χ0) is 16.0. The van der Waals surface area contributed by atoms with E-state index in [1.165, 1.54) is 17.4 Å². The number of halogens is 3. The summed E-state index contributed by atoms with van der Waals surface area (Å²) < 4.78 is 42.8. The van der Waals surface area contributed by atoms with Gasteiger partial charge in [-0.25, -0.2) is 4.98 Å². The largest absolute Gasteiger partial charge is 0.573 e. The SMILES string of the molecule is CC(C)c1nc2c(OC(F)(F)F)cc(C(C)(C)C)cc2s1. The maximum Gasteiger partial charge on any atom is 0.573 e. The van der Waals surface area contributed by atoms with Gasteiger partial charge in [-0.15, -0.1) is 24.5 Å². The first-order valence-electron chi connectivity index (χ1n) is 6.68. The zero-order valence-corrected chi connectivity index (χ0v) is 13.4. The van der Waals surface area contributed by atoms with E-state index in [4.69, 9.17) is 0 Å². The highest BCUT2D eigenvalue weighted by Gasteiger charge is 2.33. The van der Waals surface area contributed by atoms with Gasteiger partial charge in [0.2, 0.25) is 0 Å². The summed E-state index contributed by atoms with van der Waals surface area (Å²) in [6.45, 7) is 9.79. The van der Waals surface area contributed by atoms with E-state index < -0.39 is 6.36 Å². The third-order valence-corrected chi connectivity index (χ3v) is 4.37. The summed E-state index contributed by atoms with van der Waals surface area (Å²) in [6.07, 6.45) is -4.72. The molecule has 1 aromatic carbocycles. The van der Waals surface area contributed by atoms with E-state index in [0.717, 1.165) is 15.3 Å². The summed E-state index contributed by atoms with van der Waals surface area (Å²) in [7, 11) is 0. The molecule has 21 heavy (non-hydrogen) atoms. The van der Waals surface area contributed by atoms with Crippen LogP contribution < -0.4 is 4.74 Å². The molecule has 0 spiro atoms. The van der Waals surface area contributed by atoms with Gasteiger partial charge >= 0.3 is 6.36 Å². The van der Waals surface area contributed by atoms with Crippen molar-refractivity contribution in [2.45, 2.75) is 52.3 Å². The van der Waals surface area contributed by atoms with Crippen molar-refractivity contribution in [2.75, 3.05) is 0 Å². The van der Waals surface area contributed by atoms with Crippen LogP contribution in [0.25, 0.3) is 10.2 Å². The number of nitrogens with zero attached hydrogens (tertiary/aromatic N) is 1. The van der Waals surface area contributed by atoms with Gasteiger partial charge in [-0.1, -0.05) is 34.6 Å². The van der Waals surface area contributed by atoms with Gasteiger partial charge in [0.15, 0.2) is 5.75 Å². The molecule has 0 aliphatic rings. The van der Waals surface area contributed by atoms with E-state index in [1.807, 2.05) is 40.7 Å². The quantitative estimate of drug-likeness (QED) is 0.717. The van der Waals surface area contributed by atoms with E-state index in [-0.39, 0.29) is 22.6 Å². The lowest BCUT2D eigenvalue weighted by Crippen LogP contribution is -2.18. The number of rotatable bonds is 2. The van der Waals surface area contributed by atoms with E-state index in [9.17, 15) is 13.2 Å². The summed E-state index contributed by atoms with van der Waals surface area (Å²) in [4.78, 5) is 4.31. The van der Waals surface area contributed by atoms with Crippen molar-refractivity contribution < 1.29 is 17.9 Å². The number of fused-ring (bicyclic) bond motifs is 1. The van der Waals surface area contributed by atoms with Gasteiger partial charge in [-0.3, -0.25) is 0 Å². The molecule has 0 saturated carbocycles.